The van der Waals surface area contributed by atoms with E-state index in [0.717, 1.165) is 31.4 Å². The van der Waals surface area contributed by atoms with E-state index >= 15 is 0 Å². The van der Waals surface area contributed by atoms with Gasteiger partial charge in [0, 0.05) is 18.7 Å². The zero-order valence-corrected chi connectivity index (χ0v) is 12.3. The molecule has 2 rings (SSSR count). The van der Waals surface area contributed by atoms with Gasteiger partial charge in [0.1, 0.15) is 17.3 Å². The van der Waals surface area contributed by atoms with E-state index in [0.29, 0.717) is 19.0 Å². The number of amides is 1. The van der Waals surface area contributed by atoms with E-state index in [1.54, 1.807) is 0 Å². The minimum absolute atomic E-state index is 0.0324. The zero-order chi connectivity index (χ0) is 15.2. The van der Waals surface area contributed by atoms with Crippen molar-refractivity contribution in [1.29, 1.82) is 0 Å². The molecule has 21 heavy (non-hydrogen) atoms. The number of hydrogen-bond acceptors (Lipinski definition) is 2. The molecule has 1 saturated carbocycles. The number of rotatable bonds is 6. The van der Waals surface area contributed by atoms with Crippen LogP contribution in [0.15, 0.2) is 12.1 Å². The minimum atomic E-state index is -0.727. The largest absolute Gasteiger partial charge is 0.380 e. The molecule has 5 heteroatoms. The van der Waals surface area contributed by atoms with Crippen LogP contribution in [0.1, 0.15) is 49.4 Å². The fourth-order valence-electron chi connectivity index (χ4n) is 2.68. The van der Waals surface area contributed by atoms with Gasteiger partial charge >= 0.3 is 0 Å². The number of halogens is 2. The van der Waals surface area contributed by atoms with Gasteiger partial charge in [0.25, 0.3) is 5.91 Å². The van der Waals surface area contributed by atoms with E-state index in [4.69, 9.17) is 0 Å². The number of carbonyl (C=O) groups excluding carboxylic acids is 1. The molecular formula is C16H22F2N2O. The molecule has 0 unspecified atom stereocenters. The van der Waals surface area contributed by atoms with Crippen LogP contribution in [-0.2, 0) is 0 Å². The summed E-state index contributed by atoms with van der Waals surface area (Å²) in [6.45, 7) is 2.98. The highest BCUT2D eigenvalue weighted by molar-refractivity contribution is 5.94. The standard InChI is InChI=1S/C16H22F2N2O/c1-2-7-19-15-13(17)8-12(9-14(15)18)16(21)20-10-11-5-3-4-6-11/h8-9,11,19H,2-7,10H2,1H3,(H,20,21). The van der Waals surface area contributed by atoms with E-state index in [9.17, 15) is 13.6 Å². The second kappa shape index (κ2) is 7.38. The Morgan fingerprint density at radius 1 is 1.24 bits per heavy atom. The minimum Gasteiger partial charge on any atom is -0.380 e. The predicted molar refractivity (Wildman–Crippen MR) is 79.4 cm³/mol. The maximum Gasteiger partial charge on any atom is 0.251 e. The molecule has 1 aliphatic rings. The van der Waals surface area contributed by atoms with Crippen LogP contribution in [0.4, 0.5) is 14.5 Å². The van der Waals surface area contributed by atoms with E-state index in [-0.39, 0.29) is 11.3 Å². The van der Waals surface area contributed by atoms with Gasteiger partial charge in [-0.3, -0.25) is 4.79 Å². The van der Waals surface area contributed by atoms with Crippen LogP contribution in [0.2, 0.25) is 0 Å². The summed E-state index contributed by atoms with van der Waals surface area (Å²) in [6.07, 6.45) is 5.39. The maximum atomic E-state index is 13.9. The Bertz CT molecular complexity index is 476. The third-order valence-electron chi connectivity index (χ3n) is 3.88. The molecule has 0 radical (unpaired) electrons. The van der Waals surface area contributed by atoms with Crippen LogP contribution in [0.3, 0.4) is 0 Å². The molecule has 0 heterocycles. The van der Waals surface area contributed by atoms with Crippen molar-refractivity contribution in [2.24, 2.45) is 5.92 Å². The smallest absolute Gasteiger partial charge is 0.251 e. The van der Waals surface area contributed by atoms with Gasteiger partial charge in [-0.25, -0.2) is 8.78 Å². The van der Waals surface area contributed by atoms with Gasteiger partial charge in [0.05, 0.1) is 0 Å². The van der Waals surface area contributed by atoms with Crippen molar-refractivity contribution in [1.82, 2.24) is 5.32 Å². The fourth-order valence-corrected chi connectivity index (χ4v) is 2.68. The van der Waals surface area contributed by atoms with Crippen molar-refractivity contribution in [2.45, 2.75) is 39.0 Å². The van der Waals surface area contributed by atoms with Gasteiger partial charge in [0.15, 0.2) is 0 Å². The first kappa shape index (κ1) is 15.7. The SMILES string of the molecule is CCCNc1c(F)cc(C(=O)NCC2CCCC2)cc1F. The molecule has 0 spiro atoms. The van der Waals surface area contributed by atoms with Gasteiger partial charge in [-0.2, -0.15) is 0 Å². The summed E-state index contributed by atoms with van der Waals surface area (Å²) in [5.74, 6) is -1.38. The molecule has 1 fully saturated rings. The maximum absolute atomic E-state index is 13.9. The summed E-state index contributed by atoms with van der Waals surface area (Å²) in [7, 11) is 0. The lowest BCUT2D eigenvalue weighted by atomic mass is 10.1. The molecule has 0 aromatic heterocycles. The van der Waals surface area contributed by atoms with Gasteiger partial charge in [0.2, 0.25) is 0 Å². The van der Waals surface area contributed by atoms with Gasteiger partial charge < -0.3 is 10.6 Å². The summed E-state index contributed by atoms with van der Waals surface area (Å²) < 4.78 is 27.7. The normalized spacial score (nSPS) is 15.2. The van der Waals surface area contributed by atoms with E-state index in [2.05, 4.69) is 10.6 Å². The fraction of sp³-hybridized carbons (Fsp3) is 0.562. The average Bonchev–Trinajstić information content (AvgIpc) is 2.97. The van der Waals surface area contributed by atoms with Crippen LogP contribution in [-0.4, -0.2) is 19.0 Å². The quantitative estimate of drug-likeness (QED) is 0.840. The molecule has 3 nitrogen and oxygen atoms in total. The van der Waals surface area contributed by atoms with Gasteiger partial charge in [-0.15, -0.1) is 0 Å². The first-order chi connectivity index (χ1) is 10.1. The van der Waals surface area contributed by atoms with Crippen molar-refractivity contribution in [3.8, 4) is 0 Å². The van der Waals surface area contributed by atoms with Crippen molar-refractivity contribution >= 4 is 11.6 Å². The predicted octanol–water partition coefficient (Wildman–Crippen LogP) is 3.71. The molecule has 0 aliphatic heterocycles. The van der Waals surface area contributed by atoms with E-state index in [1.807, 2.05) is 6.92 Å². The van der Waals surface area contributed by atoms with Gasteiger partial charge in [-0.1, -0.05) is 19.8 Å². The Balaban J connectivity index is 2.00. The molecule has 1 amide bonds. The molecule has 1 aromatic carbocycles. The number of carbonyl (C=O) groups is 1. The lowest BCUT2D eigenvalue weighted by Crippen LogP contribution is -2.28. The molecule has 2 N–H and O–H groups in total. The molecule has 0 atom stereocenters. The lowest BCUT2D eigenvalue weighted by Gasteiger charge is -2.12. The number of benzene rings is 1. The molecule has 0 saturated heterocycles. The van der Waals surface area contributed by atoms with Crippen LogP contribution in [0.5, 0.6) is 0 Å². The number of hydrogen-bond donors (Lipinski definition) is 2. The second-order valence-corrected chi connectivity index (χ2v) is 5.60. The van der Waals surface area contributed by atoms with Crippen molar-refractivity contribution in [3.05, 3.63) is 29.3 Å². The molecule has 1 aliphatic carbocycles. The highest BCUT2D eigenvalue weighted by Crippen LogP contribution is 2.24. The lowest BCUT2D eigenvalue weighted by molar-refractivity contribution is 0.0946. The third kappa shape index (κ3) is 4.16. The Hall–Kier alpha value is -1.65. The van der Waals surface area contributed by atoms with Crippen LogP contribution >= 0.6 is 0 Å². The number of nitrogens with one attached hydrogen (secondary N) is 2. The second-order valence-electron chi connectivity index (χ2n) is 5.60. The third-order valence-corrected chi connectivity index (χ3v) is 3.88. The molecule has 1 aromatic rings. The van der Waals surface area contributed by atoms with E-state index < -0.39 is 17.5 Å². The summed E-state index contributed by atoms with van der Waals surface area (Å²) in [5.41, 5.74) is -0.130. The summed E-state index contributed by atoms with van der Waals surface area (Å²) in [6, 6.07) is 2.18. The van der Waals surface area contributed by atoms with E-state index in [1.165, 1.54) is 12.8 Å². The zero-order valence-electron chi connectivity index (χ0n) is 12.3. The topological polar surface area (TPSA) is 41.1 Å². The first-order valence-corrected chi connectivity index (χ1v) is 7.63. The van der Waals surface area contributed by atoms with Gasteiger partial charge in [-0.05, 0) is 37.3 Å². The first-order valence-electron chi connectivity index (χ1n) is 7.63. The summed E-state index contributed by atoms with van der Waals surface area (Å²) in [4.78, 5) is 12.0. The highest BCUT2D eigenvalue weighted by Gasteiger charge is 2.18. The Labute approximate surface area is 124 Å². The Kier molecular flexibility index (Phi) is 5.53. The van der Waals surface area contributed by atoms with Crippen LogP contribution < -0.4 is 10.6 Å². The van der Waals surface area contributed by atoms with Crippen molar-refractivity contribution < 1.29 is 13.6 Å². The monoisotopic (exact) mass is 296 g/mol. The van der Waals surface area contributed by atoms with Crippen molar-refractivity contribution in [2.75, 3.05) is 18.4 Å². The van der Waals surface area contributed by atoms with Crippen molar-refractivity contribution in [3.63, 3.8) is 0 Å². The Morgan fingerprint density at radius 3 is 2.43 bits per heavy atom. The van der Waals surface area contributed by atoms with Crippen LogP contribution in [0.25, 0.3) is 0 Å². The molecular weight excluding hydrogens is 274 g/mol. The van der Waals surface area contributed by atoms with Crippen LogP contribution in [0, 0.1) is 17.6 Å². The highest BCUT2D eigenvalue weighted by atomic mass is 19.1. The summed E-state index contributed by atoms with van der Waals surface area (Å²) >= 11 is 0. The molecule has 0 bridgehead atoms. The molecule has 116 valence electrons. The Morgan fingerprint density at radius 2 is 1.86 bits per heavy atom. The average molecular weight is 296 g/mol. The summed E-state index contributed by atoms with van der Waals surface area (Å²) in [5, 5.41) is 5.46. The number of anilines is 1.